The molecule has 0 bridgehead atoms. The van der Waals surface area contributed by atoms with Gasteiger partial charge in [-0.15, -0.1) is 0 Å². The summed E-state index contributed by atoms with van der Waals surface area (Å²) in [7, 11) is 3.32. The predicted molar refractivity (Wildman–Crippen MR) is 64.9 cm³/mol. The number of nitrogens with zero attached hydrogens (tertiary/aromatic N) is 3. The molecule has 0 aliphatic carbocycles. The van der Waals surface area contributed by atoms with Crippen LogP contribution < -0.4 is 4.90 Å². The van der Waals surface area contributed by atoms with E-state index in [2.05, 4.69) is 4.98 Å². The van der Waals surface area contributed by atoms with Gasteiger partial charge < -0.3 is 14.4 Å². The van der Waals surface area contributed by atoms with Crippen LogP contribution in [-0.4, -0.2) is 45.5 Å². The lowest BCUT2D eigenvalue weighted by Gasteiger charge is -2.22. The summed E-state index contributed by atoms with van der Waals surface area (Å²) < 4.78 is 10.1. The minimum atomic E-state index is 0.419. The number of nitriles is 1. The van der Waals surface area contributed by atoms with Gasteiger partial charge in [-0.3, -0.25) is 0 Å². The fourth-order valence-corrected chi connectivity index (χ4v) is 1.41. The number of hydrogen-bond acceptors (Lipinski definition) is 5. The van der Waals surface area contributed by atoms with Gasteiger partial charge in [0.15, 0.2) is 0 Å². The minimum Gasteiger partial charge on any atom is -0.383 e. The Labute approximate surface area is 102 Å². The second-order valence-electron chi connectivity index (χ2n) is 3.47. The maximum absolute atomic E-state index is 8.82. The van der Waals surface area contributed by atoms with Crippen LogP contribution in [0.1, 0.15) is 5.69 Å². The lowest BCUT2D eigenvalue weighted by molar-refractivity contribution is 0.190. The van der Waals surface area contributed by atoms with Crippen molar-refractivity contribution < 1.29 is 9.47 Å². The van der Waals surface area contributed by atoms with E-state index in [9.17, 15) is 0 Å². The van der Waals surface area contributed by atoms with Crippen LogP contribution in [-0.2, 0) is 9.47 Å². The highest BCUT2D eigenvalue weighted by atomic mass is 16.5. The van der Waals surface area contributed by atoms with Crippen molar-refractivity contribution in [3.05, 3.63) is 23.9 Å². The molecule has 5 heteroatoms. The average Bonchev–Trinajstić information content (AvgIpc) is 2.39. The highest BCUT2D eigenvalue weighted by Crippen LogP contribution is 2.10. The maximum atomic E-state index is 8.82. The Morgan fingerprint density at radius 3 is 2.41 bits per heavy atom. The fourth-order valence-electron chi connectivity index (χ4n) is 1.41. The van der Waals surface area contributed by atoms with Gasteiger partial charge in [0.25, 0.3) is 0 Å². The Morgan fingerprint density at radius 1 is 1.24 bits per heavy atom. The highest BCUT2D eigenvalue weighted by molar-refractivity contribution is 5.41. The monoisotopic (exact) mass is 235 g/mol. The standard InChI is InChI=1S/C12H17N3O2/c1-16-8-6-15(7-9-17-2)12-5-3-4-11(10-13)14-12/h3-5H,6-9H2,1-2H3. The number of methoxy groups -OCH3 is 2. The largest absolute Gasteiger partial charge is 0.383 e. The predicted octanol–water partition coefficient (Wildman–Crippen LogP) is 1.05. The second kappa shape index (κ2) is 7.60. The van der Waals surface area contributed by atoms with Gasteiger partial charge in [0.05, 0.1) is 13.2 Å². The van der Waals surface area contributed by atoms with E-state index in [1.165, 1.54) is 0 Å². The van der Waals surface area contributed by atoms with Crippen molar-refractivity contribution in [2.75, 3.05) is 45.4 Å². The molecule has 0 fully saturated rings. The van der Waals surface area contributed by atoms with E-state index >= 15 is 0 Å². The van der Waals surface area contributed by atoms with Crippen molar-refractivity contribution >= 4 is 5.82 Å². The molecule has 0 atom stereocenters. The van der Waals surface area contributed by atoms with Gasteiger partial charge in [0.1, 0.15) is 17.6 Å². The van der Waals surface area contributed by atoms with E-state index in [0.717, 1.165) is 18.9 Å². The van der Waals surface area contributed by atoms with Crippen LogP contribution in [0.3, 0.4) is 0 Å². The Kier molecular flexibility index (Phi) is 6.00. The number of pyridine rings is 1. The SMILES string of the molecule is COCCN(CCOC)c1cccc(C#N)n1. The molecule has 5 nitrogen and oxygen atoms in total. The van der Waals surface area contributed by atoms with Crippen LogP contribution in [0.4, 0.5) is 5.82 Å². The molecule has 17 heavy (non-hydrogen) atoms. The highest BCUT2D eigenvalue weighted by Gasteiger charge is 2.07. The lowest BCUT2D eigenvalue weighted by Crippen LogP contribution is -2.31. The van der Waals surface area contributed by atoms with E-state index in [-0.39, 0.29) is 0 Å². The van der Waals surface area contributed by atoms with E-state index in [4.69, 9.17) is 14.7 Å². The first kappa shape index (κ1) is 13.4. The van der Waals surface area contributed by atoms with Gasteiger partial charge in [0.2, 0.25) is 0 Å². The number of anilines is 1. The van der Waals surface area contributed by atoms with Crippen LogP contribution in [0, 0.1) is 11.3 Å². The molecule has 0 amide bonds. The number of hydrogen-bond donors (Lipinski definition) is 0. The van der Waals surface area contributed by atoms with Crippen molar-refractivity contribution in [1.29, 1.82) is 5.26 Å². The molecule has 0 spiro atoms. The minimum absolute atomic E-state index is 0.419. The summed E-state index contributed by atoms with van der Waals surface area (Å²) in [5.74, 6) is 0.776. The van der Waals surface area contributed by atoms with Gasteiger partial charge in [-0.2, -0.15) is 5.26 Å². The first-order valence-electron chi connectivity index (χ1n) is 5.41. The first-order valence-corrected chi connectivity index (χ1v) is 5.41. The quantitative estimate of drug-likeness (QED) is 0.707. The van der Waals surface area contributed by atoms with Crippen LogP contribution in [0.15, 0.2) is 18.2 Å². The molecule has 0 saturated heterocycles. The molecule has 0 saturated carbocycles. The number of rotatable bonds is 7. The maximum Gasteiger partial charge on any atom is 0.142 e. The Morgan fingerprint density at radius 2 is 1.88 bits per heavy atom. The third kappa shape index (κ3) is 4.39. The molecule has 1 heterocycles. The van der Waals surface area contributed by atoms with Gasteiger partial charge in [-0.05, 0) is 12.1 Å². The summed E-state index contributed by atoms with van der Waals surface area (Å²) in [5.41, 5.74) is 0.419. The molecule has 0 N–H and O–H groups in total. The summed E-state index contributed by atoms with van der Waals surface area (Å²) in [5, 5.41) is 8.82. The summed E-state index contributed by atoms with van der Waals surface area (Å²) in [6.07, 6.45) is 0. The zero-order valence-electron chi connectivity index (χ0n) is 10.2. The van der Waals surface area contributed by atoms with E-state index in [0.29, 0.717) is 18.9 Å². The van der Waals surface area contributed by atoms with Crippen LogP contribution in [0.5, 0.6) is 0 Å². The molecule has 0 aliphatic rings. The van der Waals surface area contributed by atoms with Gasteiger partial charge in [-0.1, -0.05) is 6.07 Å². The van der Waals surface area contributed by atoms with Crippen LogP contribution in [0.25, 0.3) is 0 Å². The zero-order valence-corrected chi connectivity index (χ0v) is 10.2. The third-order valence-electron chi connectivity index (χ3n) is 2.30. The molecular weight excluding hydrogens is 218 g/mol. The Hall–Kier alpha value is -1.64. The molecular formula is C12H17N3O2. The van der Waals surface area contributed by atoms with Crippen molar-refractivity contribution in [3.8, 4) is 6.07 Å². The fraction of sp³-hybridized carbons (Fsp3) is 0.500. The van der Waals surface area contributed by atoms with Crippen molar-refractivity contribution in [1.82, 2.24) is 4.98 Å². The first-order chi connectivity index (χ1) is 8.31. The lowest BCUT2D eigenvalue weighted by atomic mass is 10.3. The number of aromatic nitrogens is 1. The van der Waals surface area contributed by atoms with Crippen molar-refractivity contribution in [3.63, 3.8) is 0 Å². The molecule has 1 aromatic heterocycles. The van der Waals surface area contributed by atoms with Crippen LogP contribution in [0.2, 0.25) is 0 Å². The van der Waals surface area contributed by atoms with Crippen molar-refractivity contribution in [2.24, 2.45) is 0 Å². The number of ether oxygens (including phenoxy) is 2. The summed E-state index contributed by atoms with van der Waals surface area (Å²) in [6, 6.07) is 7.43. The second-order valence-corrected chi connectivity index (χ2v) is 3.47. The molecule has 0 aromatic carbocycles. The Balaban J connectivity index is 2.75. The Bertz CT molecular complexity index is 368. The molecule has 1 aromatic rings. The zero-order chi connectivity index (χ0) is 12.5. The van der Waals surface area contributed by atoms with Gasteiger partial charge >= 0.3 is 0 Å². The van der Waals surface area contributed by atoms with Crippen molar-refractivity contribution in [2.45, 2.75) is 0 Å². The summed E-state index contributed by atoms with van der Waals surface area (Å²) in [4.78, 5) is 6.29. The van der Waals surface area contributed by atoms with Gasteiger partial charge in [0, 0.05) is 27.3 Å². The molecule has 1 rings (SSSR count). The smallest absolute Gasteiger partial charge is 0.142 e. The molecule has 0 radical (unpaired) electrons. The molecule has 0 aliphatic heterocycles. The molecule has 0 unspecified atom stereocenters. The van der Waals surface area contributed by atoms with E-state index < -0.39 is 0 Å². The van der Waals surface area contributed by atoms with E-state index in [1.54, 1.807) is 20.3 Å². The van der Waals surface area contributed by atoms with Crippen LogP contribution >= 0.6 is 0 Å². The normalized spacial score (nSPS) is 9.94. The average molecular weight is 235 g/mol. The third-order valence-corrected chi connectivity index (χ3v) is 2.30. The topological polar surface area (TPSA) is 58.4 Å². The summed E-state index contributed by atoms with van der Waals surface area (Å²) >= 11 is 0. The van der Waals surface area contributed by atoms with E-state index in [1.807, 2.05) is 23.1 Å². The summed E-state index contributed by atoms with van der Waals surface area (Å²) in [6.45, 7) is 2.67. The van der Waals surface area contributed by atoms with Gasteiger partial charge in [-0.25, -0.2) is 4.98 Å². The molecule has 92 valence electrons.